The molecule has 0 atom stereocenters. The van der Waals surface area contributed by atoms with E-state index in [1.807, 2.05) is 10.7 Å². The standard InChI is InChI=1S/C18H17N5S/c19-11-10-17-20-21-18-23(17)22-16(12-24-18)15-8-6-14(7-9-15)13-4-2-1-3-5-13/h1-9,12,22H,10-11,19H2/p+1. The molecule has 1 aliphatic heterocycles. The van der Waals surface area contributed by atoms with E-state index in [4.69, 9.17) is 0 Å². The van der Waals surface area contributed by atoms with Gasteiger partial charge in [0, 0.05) is 5.41 Å². The Morgan fingerprint density at radius 1 is 0.917 bits per heavy atom. The molecule has 5 nitrogen and oxygen atoms in total. The third kappa shape index (κ3) is 2.81. The minimum Gasteiger partial charge on any atom is -0.357 e. The Morgan fingerprint density at radius 3 is 2.38 bits per heavy atom. The van der Waals surface area contributed by atoms with Crippen LogP contribution in [0.25, 0.3) is 16.8 Å². The molecule has 0 radical (unpaired) electrons. The summed E-state index contributed by atoms with van der Waals surface area (Å²) < 4.78 is 1.95. The van der Waals surface area contributed by atoms with Gasteiger partial charge in [-0.3, -0.25) is 5.43 Å². The van der Waals surface area contributed by atoms with Gasteiger partial charge >= 0.3 is 0 Å². The summed E-state index contributed by atoms with van der Waals surface area (Å²) in [6.07, 6.45) is 0.806. The molecular weight excluding hydrogens is 318 g/mol. The lowest BCUT2D eigenvalue weighted by atomic mass is 10.0. The second-order valence-electron chi connectivity index (χ2n) is 5.54. The Hall–Kier alpha value is -2.57. The van der Waals surface area contributed by atoms with E-state index in [0.29, 0.717) is 0 Å². The number of thioether (sulfide) groups is 1. The summed E-state index contributed by atoms with van der Waals surface area (Å²) in [6.45, 7) is 0.801. The molecule has 3 aromatic rings. The molecule has 2 aromatic carbocycles. The number of rotatable bonds is 4. The van der Waals surface area contributed by atoms with Crippen LogP contribution in [0.2, 0.25) is 0 Å². The molecule has 0 saturated carbocycles. The molecule has 1 aliphatic rings. The molecule has 0 spiro atoms. The number of aromatic nitrogens is 3. The zero-order chi connectivity index (χ0) is 16.4. The summed E-state index contributed by atoms with van der Waals surface area (Å²) in [4.78, 5) is 0. The zero-order valence-corrected chi connectivity index (χ0v) is 14.0. The highest BCUT2D eigenvalue weighted by atomic mass is 32.2. The van der Waals surface area contributed by atoms with Gasteiger partial charge < -0.3 is 5.73 Å². The Balaban J connectivity index is 1.58. The Labute approximate surface area is 144 Å². The van der Waals surface area contributed by atoms with Crippen molar-refractivity contribution in [3.8, 4) is 11.1 Å². The summed E-state index contributed by atoms with van der Waals surface area (Å²) >= 11 is 1.58. The third-order valence-corrected chi connectivity index (χ3v) is 4.75. The van der Waals surface area contributed by atoms with Gasteiger partial charge in [0.1, 0.15) is 0 Å². The van der Waals surface area contributed by atoms with Crippen LogP contribution < -0.4 is 11.2 Å². The van der Waals surface area contributed by atoms with Crippen molar-refractivity contribution in [2.24, 2.45) is 0 Å². The monoisotopic (exact) mass is 336 g/mol. The normalized spacial score (nSPS) is 13.1. The van der Waals surface area contributed by atoms with Gasteiger partial charge in [-0.2, -0.15) is 0 Å². The Morgan fingerprint density at radius 2 is 1.62 bits per heavy atom. The fourth-order valence-corrected chi connectivity index (χ4v) is 3.43. The first-order chi connectivity index (χ1) is 11.8. The lowest BCUT2D eigenvalue weighted by molar-refractivity contribution is -0.366. The van der Waals surface area contributed by atoms with Crippen molar-refractivity contribution in [1.82, 2.24) is 14.9 Å². The fourth-order valence-electron chi connectivity index (χ4n) is 2.67. The average molecular weight is 336 g/mol. The van der Waals surface area contributed by atoms with E-state index in [1.165, 1.54) is 11.1 Å². The van der Waals surface area contributed by atoms with Crippen LogP contribution in [0, 0.1) is 0 Å². The molecule has 0 unspecified atom stereocenters. The molecular formula is C18H18N5S+. The minimum atomic E-state index is 0.801. The molecule has 0 fully saturated rings. The molecule has 0 saturated heterocycles. The van der Waals surface area contributed by atoms with Crippen LogP contribution in [0.5, 0.6) is 0 Å². The molecule has 120 valence electrons. The van der Waals surface area contributed by atoms with Gasteiger partial charge in [-0.15, -0.1) is 10.2 Å². The predicted octanol–water partition coefficient (Wildman–Crippen LogP) is 2.38. The number of fused-ring (bicyclic) bond motifs is 1. The number of quaternary nitrogens is 1. The molecule has 0 bridgehead atoms. The van der Waals surface area contributed by atoms with Gasteiger partial charge in [-0.05, 0) is 16.7 Å². The van der Waals surface area contributed by atoms with Gasteiger partial charge in [0.25, 0.3) is 0 Å². The number of hydrogen-bond acceptors (Lipinski definition) is 4. The van der Waals surface area contributed by atoms with Gasteiger partial charge in [0.05, 0.1) is 18.7 Å². The molecule has 24 heavy (non-hydrogen) atoms. The van der Waals surface area contributed by atoms with Gasteiger partial charge in [0.2, 0.25) is 5.16 Å². The highest BCUT2D eigenvalue weighted by Gasteiger charge is 2.18. The summed E-state index contributed by atoms with van der Waals surface area (Å²) in [6, 6.07) is 19.0. The summed E-state index contributed by atoms with van der Waals surface area (Å²) in [5.74, 6) is 0.916. The quantitative estimate of drug-likeness (QED) is 0.767. The van der Waals surface area contributed by atoms with Crippen molar-refractivity contribution in [2.75, 3.05) is 12.0 Å². The number of nitrogens with zero attached hydrogens (tertiary/aromatic N) is 3. The van der Waals surface area contributed by atoms with E-state index < -0.39 is 0 Å². The Bertz CT molecular complexity index is 868. The largest absolute Gasteiger partial charge is 0.357 e. The van der Waals surface area contributed by atoms with Gasteiger partial charge in [-0.25, -0.2) is 4.68 Å². The maximum atomic E-state index is 4.23. The average Bonchev–Trinajstić information content (AvgIpc) is 3.05. The highest BCUT2D eigenvalue weighted by Crippen LogP contribution is 2.29. The van der Waals surface area contributed by atoms with Crippen LogP contribution >= 0.6 is 11.8 Å². The van der Waals surface area contributed by atoms with E-state index in [0.717, 1.165) is 35.2 Å². The molecule has 1 aromatic heterocycles. The van der Waals surface area contributed by atoms with Gasteiger partial charge in [-0.1, -0.05) is 66.4 Å². The van der Waals surface area contributed by atoms with Crippen LogP contribution in [-0.4, -0.2) is 21.4 Å². The minimum absolute atomic E-state index is 0.801. The predicted molar refractivity (Wildman–Crippen MR) is 96.6 cm³/mol. The SMILES string of the molecule is [NH3+]CCc1nnc2n1NC(c1ccc(-c3ccccc3)cc1)=CS2. The zero-order valence-electron chi connectivity index (χ0n) is 13.1. The van der Waals surface area contributed by atoms with Crippen molar-refractivity contribution in [3.63, 3.8) is 0 Å². The van der Waals surface area contributed by atoms with Crippen LogP contribution in [0.1, 0.15) is 11.4 Å². The number of benzene rings is 2. The van der Waals surface area contributed by atoms with Crippen LogP contribution in [-0.2, 0) is 6.42 Å². The lowest BCUT2D eigenvalue weighted by Gasteiger charge is -2.19. The van der Waals surface area contributed by atoms with Gasteiger partial charge in [0.15, 0.2) is 5.82 Å². The number of nitrogens with one attached hydrogen (secondary N) is 1. The highest BCUT2D eigenvalue weighted by molar-refractivity contribution is 8.02. The fraction of sp³-hybridized carbons (Fsp3) is 0.111. The second kappa shape index (κ2) is 6.51. The first kappa shape index (κ1) is 15.0. The van der Waals surface area contributed by atoms with E-state index in [-0.39, 0.29) is 0 Å². The topological polar surface area (TPSA) is 70.4 Å². The van der Waals surface area contributed by atoms with Crippen molar-refractivity contribution in [2.45, 2.75) is 11.6 Å². The molecule has 0 amide bonds. The summed E-state index contributed by atoms with van der Waals surface area (Å²) in [7, 11) is 0. The molecule has 0 aliphatic carbocycles. The van der Waals surface area contributed by atoms with E-state index in [9.17, 15) is 0 Å². The molecule has 6 heteroatoms. The van der Waals surface area contributed by atoms with Crippen molar-refractivity contribution >= 4 is 17.5 Å². The first-order valence-electron chi connectivity index (χ1n) is 7.88. The van der Waals surface area contributed by atoms with E-state index in [2.05, 4.69) is 75.3 Å². The molecule has 4 N–H and O–H groups in total. The number of hydrogen-bond donors (Lipinski definition) is 2. The lowest BCUT2D eigenvalue weighted by Crippen LogP contribution is -2.51. The summed E-state index contributed by atoms with van der Waals surface area (Å²) in [5.41, 5.74) is 11.9. The second-order valence-corrected chi connectivity index (χ2v) is 6.38. The Kier molecular flexibility index (Phi) is 4.06. The maximum Gasteiger partial charge on any atom is 0.214 e. The van der Waals surface area contributed by atoms with E-state index >= 15 is 0 Å². The summed E-state index contributed by atoms with van der Waals surface area (Å²) in [5, 5.41) is 11.4. The molecule has 4 rings (SSSR count). The van der Waals surface area contributed by atoms with Crippen molar-refractivity contribution < 1.29 is 5.73 Å². The van der Waals surface area contributed by atoms with Crippen molar-refractivity contribution in [3.05, 3.63) is 71.4 Å². The maximum absolute atomic E-state index is 4.23. The van der Waals surface area contributed by atoms with Crippen LogP contribution in [0.15, 0.2) is 65.2 Å². The van der Waals surface area contributed by atoms with Crippen molar-refractivity contribution in [1.29, 1.82) is 0 Å². The third-order valence-electron chi connectivity index (χ3n) is 3.92. The smallest absolute Gasteiger partial charge is 0.214 e. The van der Waals surface area contributed by atoms with Crippen LogP contribution in [0.3, 0.4) is 0 Å². The van der Waals surface area contributed by atoms with Crippen LogP contribution in [0.4, 0.5) is 0 Å². The molecule has 2 heterocycles. The first-order valence-corrected chi connectivity index (χ1v) is 8.76. The van der Waals surface area contributed by atoms with E-state index in [1.54, 1.807) is 11.8 Å².